The second-order valence-electron chi connectivity index (χ2n) is 6.37. The van der Waals surface area contributed by atoms with Crippen LogP contribution in [0.4, 0.5) is 0 Å². The molecule has 0 radical (unpaired) electrons. The minimum Gasteiger partial charge on any atom is -0.496 e. The van der Waals surface area contributed by atoms with Crippen molar-refractivity contribution in [2.45, 2.75) is 18.9 Å². The SMILES string of the molecule is COc1ccc(C(=O)N(C)CC(O)C2CC2)cc1-c1ccccc1. The number of nitrogens with zero attached hydrogens (tertiary/aromatic N) is 1. The Bertz CT molecular complexity index is 710. The molecule has 4 nitrogen and oxygen atoms in total. The lowest BCUT2D eigenvalue weighted by molar-refractivity contribution is 0.0645. The van der Waals surface area contributed by atoms with Crippen LogP contribution in [-0.4, -0.2) is 42.7 Å². The highest BCUT2D eigenvalue weighted by Crippen LogP contribution is 2.33. The summed E-state index contributed by atoms with van der Waals surface area (Å²) in [5.74, 6) is 1.00. The van der Waals surface area contributed by atoms with E-state index in [2.05, 4.69) is 0 Å². The first-order valence-corrected chi connectivity index (χ1v) is 8.27. The molecular weight excluding hydrogens is 302 g/mol. The molecule has 1 aliphatic rings. The number of hydrogen-bond donors (Lipinski definition) is 1. The fraction of sp³-hybridized carbons (Fsp3) is 0.350. The van der Waals surface area contributed by atoms with Crippen molar-refractivity contribution in [3.8, 4) is 16.9 Å². The number of methoxy groups -OCH3 is 1. The number of carbonyl (C=O) groups excluding carboxylic acids is 1. The maximum atomic E-state index is 12.7. The summed E-state index contributed by atoms with van der Waals surface area (Å²) in [6, 6.07) is 15.3. The molecular formula is C20H23NO3. The van der Waals surface area contributed by atoms with Gasteiger partial charge in [0.15, 0.2) is 0 Å². The molecule has 0 aliphatic heterocycles. The van der Waals surface area contributed by atoms with Crippen LogP contribution in [0.15, 0.2) is 48.5 Å². The smallest absolute Gasteiger partial charge is 0.253 e. The molecule has 0 spiro atoms. The summed E-state index contributed by atoms with van der Waals surface area (Å²) < 4.78 is 5.43. The Kier molecular flexibility index (Phi) is 4.86. The van der Waals surface area contributed by atoms with Crippen molar-refractivity contribution in [2.75, 3.05) is 20.7 Å². The van der Waals surface area contributed by atoms with Gasteiger partial charge >= 0.3 is 0 Å². The number of carbonyl (C=O) groups is 1. The molecule has 2 aromatic rings. The van der Waals surface area contributed by atoms with Gasteiger partial charge in [0.2, 0.25) is 0 Å². The summed E-state index contributed by atoms with van der Waals surface area (Å²) in [6.45, 7) is 0.371. The number of benzene rings is 2. The average Bonchev–Trinajstić information content (AvgIpc) is 3.46. The topological polar surface area (TPSA) is 49.8 Å². The molecule has 1 atom stereocenters. The van der Waals surface area contributed by atoms with Crippen molar-refractivity contribution in [3.63, 3.8) is 0 Å². The molecule has 24 heavy (non-hydrogen) atoms. The van der Waals surface area contributed by atoms with E-state index in [1.807, 2.05) is 42.5 Å². The number of hydrogen-bond acceptors (Lipinski definition) is 3. The number of amides is 1. The third-order valence-electron chi connectivity index (χ3n) is 4.50. The van der Waals surface area contributed by atoms with Crippen LogP contribution in [0.3, 0.4) is 0 Å². The molecule has 1 saturated carbocycles. The second-order valence-corrected chi connectivity index (χ2v) is 6.37. The van der Waals surface area contributed by atoms with E-state index >= 15 is 0 Å². The predicted molar refractivity (Wildman–Crippen MR) is 94.1 cm³/mol. The summed E-state index contributed by atoms with van der Waals surface area (Å²) in [5.41, 5.74) is 2.49. The van der Waals surface area contributed by atoms with Crippen LogP contribution in [0.2, 0.25) is 0 Å². The lowest BCUT2D eigenvalue weighted by Gasteiger charge is -2.21. The molecule has 1 amide bonds. The van der Waals surface area contributed by atoms with E-state index in [1.54, 1.807) is 25.1 Å². The summed E-state index contributed by atoms with van der Waals surface area (Å²) in [6.07, 6.45) is 1.69. The highest BCUT2D eigenvalue weighted by Gasteiger charge is 2.31. The van der Waals surface area contributed by atoms with E-state index in [0.717, 1.165) is 29.7 Å². The molecule has 1 unspecified atom stereocenters. The monoisotopic (exact) mass is 325 g/mol. The zero-order chi connectivity index (χ0) is 17.1. The summed E-state index contributed by atoms with van der Waals surface area (Å²) in [7, 11) is 3.36. The van der Waals surface area contributed by atoms with Crippen molar-refractivity contribution in [1.29, 1.82) is 0 Å². The Morgan fingerprint density at radius 3 is 2.58 bits per heavy atom. The number of aliphatic hydroxyl groups excluding tert-OH is 1. The Morgan fingerprint density at radius 1 is 1.25 bits per heavy atom. The van der Waals surface area contributed by atoms with Gasteiger partial charge in [-0.15, -0.1) is 0 Å². The van der Waals surface area contributed by atoms with Crippen LogP contribution >= 0.6 is 0 Å². The Hall–Kier alpha value is -2.33. The van der Waals surface area contributed by atoms with Crippen molar-refractivity contribution >= 4 is 5.91 Å². The van der Waals surface area contributed by atoms with E-state index in [4.69, 9.17) is 4.74 Å². The largest absolute Gasteiger partial charge is 0.496 e. The van der Waals surface area contributed by atoms with Crippen LogP contribution in [0.1, 0.15) is 23.2 Å². The van der Waals surface area contributed by atoms with Gasteiger partial charge in [-0.2, -0.15) is 0 Å². The molecule has 1 N–H and O–H groups in total. The zero-order valence-corrected chi connectivity index (χ0v) is 14.1. The van der Waals surface area contributed by atoms with E-state index < -0.39 is 6.10 Å². The zero-order valence-electron chi connectivity index (χ0n) is 14.1. The van der Waals surface area contributed by atoms with Gasteiger partial charge in [0, 0.05) is 24.7 Å². The quantitative estimate of drug-likeness (QED) is 0.887. The number of likely N-dealkylation sites (N-methyl/N-ethyl adjacent to an activating group) is 1. The first-order valence-electron chi connectivity index (χ1n) is 8.27. The van der Waals surface area contributed by atoms with Gasteiger partial charge in [-0.25, -0.2) is 0 Å². The van der Waals surface area contributed by atoms with Crippen molar-refractivity contribution in [3.05, 3.63) is 54.1 Å². The fourth-order valence-electron chi connectivity index (χ4n) is 2.90. The normalized spacial score (nSPS) is 15.0. The number of ether oxygens (including phenoxy) is 1. The molecule has 2 aromatic carbocycles. The van der Waals surface area contributed by atoms with Gasteiger partial charge in [-0.1, -0.05) is 30.3 Å². The van der Waals surface area contributed by atoms with Gasteiger partial charge in [0.1, 0.15) is 5.75 Å². The first kappa shape index (κ1) is 16.5. The second kappa shape index (κ2) is 7.05. The number of aliphatic hydroxyl groups is 1. The van der Waals surface area contributed by atoms with Gasteiger partial charge in [0.05, 0.1) is 13.2 Å². The minimum absolute atomic E-state index is 0.0884. The Labute approximate surface area is 142 Å². The molecule has 1 fully saturated rings. The van der Waals surface area contributed by atoms with Crippen LogP contribution in [-0.2, 0) is 0 Å². The minimum atomic E-state index is -0.425. The van der Waals surface area contributed by atoms with Crippen LogP contribution < -0.4 is 4.74 Å². The van der Waals surface area contributed by atoms with Gasteiger partial charge in [-0.05, 0) is 42.5 Å². The Balaban J connectivity index is 1.84. The lowest BCUT2D eigenvalue weighted by atomic mass is 10.0. The lowest BCUT2D eigenvalue weighted by Crippen LogP contribution is -2.35. The molecule has 126 valence electrons. The van der Waals surface area contributed by atoms with Gasteiger partial charge in [-0.3, -0.25) is 4.79 Å². The van der Waals surface area contributed by atoms with Crippen molar-refractivity contribution in [2.24, 2.45) is 5.92 Å². The summed E-state index contributed by atoms with van der Waals surface area (Å²) in [4.78, 5) is 14.3. The molecule has 0 aromatic heterocycles. The third-order valence-corrected chi connectivity index (χ3v) is 4.50. The molecule has 0 heterocycles. The summed E-state index contributed by atoms with van der Waals surface area (Å²) >= 11 is 0. The maximum Gasteiger partial charge on any atom is 0.253 e. The van der Waals surface area contributed by atoms with Crippen molar-refractivity contribution < 1.29 is 14.6 Å². The third kappa shape index (κ3) is 3.60. The highest BCUT2D eigenvalue weighted by atomic mass is 16.5. The average molecular weight is 325 g/mol. The molecule has 0 bridgehead atoms. The van der Waals surface area contributed by atoms with Crippen molar-refractivity contribution in [1.82, 2.24) is 4.90 Å². The van der Waals surface area contributed by atoms with Crippen LogP contribution in [0.25, 0.3) is 11.1 Å². The predicted octanol–water partition coefficient (Wildman–Crippen LogP) is 3.21. The highest BCUT2D eigenvalue weighted by molar-refractivity contribution is 5.96. The molecule has 3 rings (SSSR count). The van der Waals surface area contributed by atoms with E-state index in [0.29, 0.717) is 18.0 Å². The fourth-order valence-corrected chi connectivity index (χ4v) is 2.90. The van der Waals surface area contributed by atoms with E-state index in [-0.39, 0.29) is 5.91 Å². The van der Waals surface area contributed by atoms with Crippen LogP contribution in [0, 0.1) is 5.92 Å². The molecule has 4 heteroatoms. The maximum absolute atomic E-state index is 12.7. The Morgan fingerprint density at radius 2 is 1.96 bits per heavy atom. The summed E-state index contributed by atoms with van der Waals surface area (Å²) in [5, 5.41) is 10.1. The van der Waals surface area contributed by atoms with Gasteiger partial charge < -0.3 is 14.7 Å². The standard InChI is InChI=1S/C20H23NO3/c1-21(13-18(22)15-8-9-15)20(23)16-10-11-19(24-2)17(12-16)14-6-4-3-5-7-14/h3-7,10-12,15,18,22H,8-9,13H2,1-2H3. The van der Waals surface area contributed by atoms with E-state index in [1.165, 1.54) is 0 Å². The molecule has 0 saturated heterocycles. The van der Waals surface area contributed by atoms with Gasteiger partial charge in [0.25, 0.3) is 5.91 Å². The number of rotatable bonds is 6. The first-order chi connectivity index (χ1) is 11.6. The van der Waals surface area contributed by atoms with E-state index in [9.17, 15) is 9.90 Å². The van der Waals surface area contributed by atoms with Crippen LogP contribution in [0.5, 0.6) is 5.75 Å². The molecule has 1 aliphatic carbocycles.